The number of imidazole rings is 1. The van der Waals surface area contributed by atoms with E-state index in [1.807, 2.05) is 29.0 Å². The van der Waals surface area contributed by atoms with Gasteiger partial charge in [-0.2, -0.15) is 0 Å². The lowest BCUT2D eigenvalue weighted by Gasteiger charge is -2.08. The molecule has 0 saturated carbocycles. The highest BCUT2D eigenvalue weighted by Gasteiger charge is 2.12. The molecule has 3 aromatic rings. The van der Waals surface area contributed by atoms with E-state index >= 15 is 0 Å². The maximum atomic E-state index is 6.25. The van der Waals surface area contributed by atoms with Crippen LogP contribution < -0.4 is 0 Å². The van der Waals surface area contributed by atoms with E-state index in [1.165, 1.54) is 0 Å². The summed E-state index contributed by atoms with van der Waals surface area (Å²) in [5.74, 6) is 1.16. The van der Waals surface area contributed by atoms with Crippen LogP contribution in [0.25, 0.3) is 11.0 Å². The van der Waals surface area contributed by atoms with Gasteiger partial charge in [-0.25, -0.2) is 4.98 Å². The third kappa shape index (κ3) is 2.31. The molecule has 0 saturated heterocycles. The molecule has 0 aliphatic carbocycles. The van der Waals surface area contributed by atoms with Crippen LogP contribution in [0.3, 0.4) is 0 Å². The quantitative estimate of drug-likeness (QED) is 0.695. The van der Waals surface area contributed by atoms with E-state index in [1.54, 1.807) is 10.9 Å². The third-order valence-electron chi connectivity index (χ3n) is 2.94. The number of hydrogen-bond donors (Lipinski definition) is 0. The SMILES string of the molecule is ClCc1nc2cccc(Cl)c2n1CCn1ccnn1. The molecule has 0 N–H and O–H groups in total. The monoisotopic (exact) mass is 295 g/mol. The van der Waals surface area contributed by atoms with E-state index in [0.717, 1.165) is 16.9 Å². The van der Waals surface area contributed by atoms with E-state index in [0.29, 0.717) is 24.0 Å². The molecule has 0 aliphatic rings. The van der Waals surface area contributed by atoms with Gasteiger partial charge in [-0.15, -0.1) is 16.7 Å². The first-order valence-corrected chi connectivity index (χ1v) is 6.74. The lowest BCUT2D eigenvalue weighted by molar-refractivity contribution is 0.519. The van der Waals surface area contributed by atoms with E-state index in [9.17, 15) is 0 Å². The standard InChI is InChI=1S/C12H11Cl2N5/c13-8-11-16-10-3-1-2-9(14)12(10)19(11)7-6-18-5-4-15-17-18/h1-5H,6-8H2. The third-order valence-corrected chi connectivity index (χ3v) is 3.48. The summed E-state index contributed by atoms with van der Waals surface area (Å²) in [4.78, 5) is 4.49. The Labute approximate surface area is 119 Å². The first-order chi connectivity index (χ1) is 9.29. The van der Waals surface area contributed by atoms with E-state index in [-0.39, 0.29) is 0 Å². The van der Waals surface area contributed by atoms with Crippen molar-refractivity contribution in [2.45, 2.75) is 19.0 Å². The number of rotatable bonds is 4. The van der Waals surface area contributed by atoms with Crippen LogP contribution in [-0.2, 0) is 19.0 Å². The van der Waals surface area contributed by atoms with Gasteiger partial charge in [-0.05, 0) is 12.1 Å². The Balaban J connectivity index is 2.00. The fourth-order valence-corrected chi connectivity index (χ4v) is 2.56. The molecule has 2 heterocycles. The molecule has 0 atom stereocenters. The maximum absolute atomic E-state index is 6.25. The van der Waals surface area contributed by atoms with E-state index < -0.39 is 0 Å². The van der Waals surface area contributed by atoms with Gasteiger partial charge < -0.3 is 4.57 Å². The van der Waals surface area contributed by atoms with Gasteiger partial charge in [0.05, 0.1) is 34.7 Å². The van der Waals surface area contributed by atoms with Crippen molar-refractivity contribution in [2.75, 3.05) is 0 Å². The highest BCUT2D eigenvalue weighted by molar-refractivity contribution is 6.35. The van der Waals surface area contributed by atoms with Gasteiger partial charge in [-0.1, -0.05) is 22.9 Å². The van der Waals surface area contributed by atoms with Crippen LogP contribution in [-0.4, -0.2) is 24.5 Å². The zero-order valence-corrected chi connectivity index (χ0v) is 11.5. The highest BCUT2D eigenvalue weighted by atomic mass is 35.5. The van der Waals surface area contributed by atoms with Crippen LogP contribution in [0.1, 0.15) is 5.82 Å². The molecule has 7 heteroatoms. The Kier molecular flexibility index (Phi) is 3.40. The average Bonchev–Trinajstić information content (AvgIpc) is 3.03. The molecule has 0 bridgehead atoms. The van der Waals surface area contributed by atoms with Crippen molar-refractivity contribution in [3.05, 3.63) is 41.4 Å². The fourth-order valence-electron chi connectivity index (χ4n) is 2.09. The molecule has 1 aromatic carbocycles. The highest BCUT2D eigenvalue weighted by Crippen LogP contribution is 2.25. The van der Waals surface area contributed by atoms with Gasteiger partial charge in [0, 0.05) is 12.7 Å². The maximum Gasteiger partial charge on any atom is 0.124 e. The normalized spacial score (nSPS) is 11.3. The van der Waals surface area contributed by atoms with Crippen molar-refractivity contribution < 1.29 is 0 Å². The smallest absolute Gasteiger partial charge is 0.124 e. The van der Waals surface area contributed by atoms with Crippen molar-refractivity contribution in [1.82, 2.24) is 24.5 Å². The zero-order valence-electron chi connectivity index (χ0n) is 10.0. The number of hydrogen-bond acceptors (Lipinski definition) is 3. The predicted octanol–water partition coefficient (Wildman–Crippen LogP) is 2.72. The summed E-state index contributed by atoms with van der Waals surface area (Å²) in [6.45, 7) is 1.40. The largest absolute Gasteiger partial charge is 0.324 e. The molecule has 3 rings (SSSR count). The molecular weight excluding hydrogens is 285 g/mol. The van der Waals surface area contributed by atoms with Gasteiger partial charge in [0.25, 0.3) is 0 Å². The van der Waals surface area contributed by atoms with Gasteiger partial charge in [0.1, 0.15) is 5.82 Å². The number of aromatic nitrogens is 5. The van der Waals surface area contributed by atoms with Gasteiger partial charge in [0.15, 0.2) is 0 Å². The molecule has 5 nitrogen and oxygen atoms in total. The molecule has 0 unspecified atom stereocenters. The molecule has 0 spiro atoms. The van der Waals surface area contributed by atoms with E-state index in [4.69, 9.17) is 23.2 Å². The number of aryl methyl sites for hydroxylation is 2. The first-order valence-electron chi connectivity index (χ1n) is 5.83. The summed E-state index contributed by atoms with van der Waals surface area (Å²) in [6, 6.07) is 5.68. The molecule has 19 heavy (non-hydrogen) atoms. The van der Waals surface area contributed by atoms with Crippen LogP contribution in [0.2, 0.25) is 5.02 Å². The molecule has 0 radical (unpaired) electrons. The van der Waals surface area contributed by atoms with Crippen LogP contribution >= 0.6 is 23.2 Å². The second kappa shape index (κ2) is 5.19. The molecular formula is C12H11Cl2N5. The minimum atomic E-state index is 0.350. The second-order valence-corrected chi connectivity index (χ2v) is 4.76. The summed E-state index contributed by atoms with van der Waals surface area (Å²) in [5.41, 5.74) is 1.78. The van der Waals surface area contributed by atoms with Crippen LogP contribution in [0.5, 0.6) is 0 Å². The van der Waals surface area contributed by atoms with Gasteiger partial charge >= 0.3 is 0 Å². The fraction of sp³-hybridized carbons (Fsp3) is 0.250. The number of para-hydroxylation sites is 1. The average molecular weight is 296 g/mol. The Hall–Kier alpha value is -1.59. The second-order valence-electron chi connectivity index (χ2n) is 4.09. The van der Waals surface area contributed by atoms with Crippen molar-refractivity contribution in [3.63, 3.8) is 0 Å². The van der Waals surface area contributed by atoms with Crippen LogP contribution in [0.4, 0.5) is 0 Å². The number of alkyl halides is 1. The number of benzene rings is 1. The Bertz CT molecular complexity index is 690. The van der Waals surface area contributed by atoms with Crippen molar-refractivity contribution in [1.29, 1.82) is 0 Å². The van der Waals surface area contributed by atoms with E-state index in [2.05, 4.69) is 15.3 Å². The molecule has 0 aliphatic heterocycles. The topological polar surface area (TPSA) is 48.5 Å². The summed E-state index contributed by atoms with van der Waals surface area (Å²) in [7, 11) is 0. The van der Waals surface area contributed by atoms with Gasteiger partial charge in [0.2, 0.25) is 0 Å². The summed E-state index contributed by atoms with van der Waals surface area (Å²) < 4.78 is 3.80. The van der Waals surface area contributed by atoms with Crippen molar-refractivity contribution in [2.24, 2.45) is 0 Å². The number of fused-ring (bicyclic) bond motifs is 1. The minimum absolute atomic E-state index is 0.350. The first kappa shape index (κ1) is 12.4. The number of halogens is 2. The summed E-state index contributed by atoms with van der Waals surface area (Å²) >= 11 is 12.2. The Morgan fingerprint density at radius 1 is 1.21 bits per heavy atom. The van der Waals surface area contributed by atoms with Crippen molar-refractivity contribution in [3.8, 4) is 0 Å². The molecule has 98 valence electrons. The van der Waals surface area contributed by atoms with Gasteiger partial charge in [-0.3, -0.25) is 4.68 Å². The lowest BCUT2D eigenvalue weighted by Crippen LogP contribution is -2.10. The summed E-state index contributed by atoms with van der Waals surface area (Å²) in [6.07, 6.45) is 3.47. The molecule has 2 aromatic heterocycles. The Morgan fingerprint density at radius 2 is 2.11 bits per heavy atom. The lowest BCUT2D eigenvalue weighted by atomic mass is 10.3. The zero-order chi connectivity index (χ0) is 13.2. The summed E-state index contributed by atoms with van der Waals surface area (Å²) in [5, 5.41) is 8.40. The van der Waals surface area contributed by atoms with Crippen LogP contribution in [0.15, 0.2) is 30.6 Å². The molecule has 0 fully saturated rings. The molecule has 0 amide bonds. The van der Waals surface area contributed by atoms with Crippen LogP contribution in [0, 0.1) is 0 Å². The predicted molar refractivity (Wildman–Crippen MR) is 74.3 cm³/mol. The number of nitrogens with zero attached hydrogens (tertiary/aromatic N) is 5. The minimum Gasteiger partial charge on any atom is -0.324 e. The Morgan fingerprint density at radius 3 is 2.84 bits per heavy atom. The van der Waals surface area contributed by atoms with Crippen molar-refractivity contribution >= 4 is 34.2 Å².